The number of hydrogen-bond acceptors (Lipinski definition) is 4. The molecule has 0 aliphatic carbocycles. The Kier molecular flexibility index (Phi) is 7.81. The molecule has 3 rings (SSSR count). The number of methoxy groups -OCH3 is 1. The van der Waals surface area contributed by atoms with Crippen LogP contribution in [-0.2, 0) is 4.79 Å². The number of carbonyl (C=O) groups is 1. The highest BCUT2D eigenvalue weighted by Crippen LogP contribution is 2.36. The molecular formula is C24H38N4O2S. The molecular weight excluding hydrogens is 408 g/mol. The molecule has 0 radical (unpaired) electrons. The van der Waals surface area contributed by atoms with Crippen molar-refractivity contribution in [3.8, 4) is 5.75 Å². The minimum atomic E-state index is -0.249. The van der Waals surface area contributed by atoms with Gasteiger partial charge in [-0.05, 0) is 48.3 Å². The number of thiocarbonyl (C=S) groups is 1. The molecule has 0 saturated carbocycles. The van der Waals surface area contributed by atoms with Gasteiger partial charge in [-0.25, -0.2) is 0 Å². The van der Waals surface area contributed by atoms with Gasteiger partial charge in [-0.3, -0.25) is 10.1 Å². The summed E-state index contributed by atoms with van der Waals surface area (Å²) in [7, 11) is 1.66. The van der Waals surface area contributed by atoms with Crippen LogP contribution < -0.4 is 15.4 Å². The van der Waals surface area contributed by atoms with Crippen LogP contribution in [0.5, 0.6) is 5.75 Å². The molecule has 0 unspecified atom stereocenters. The number of nitrogens with zero attached hydrogens (tertiary/aromatic N) is 2. The van der Waals surface area contributed by atoms with Crippen molar-refractivity contribution in [2.75, 3.05) is 32.1 Å². The maximum Gasteiger partial charge on any atom is 0.241 e. The standard InChI is InChI=1S/C24H38N4O2S/c1-6-17(3)16-28-22(29)21(18(4)7-2)26-24(28)12-14-27(15-13-24)23(31)25-19-8-10-20(30-5)11-9-19/h8-11,17-18,21,26H,6-7,12-16H2,1-5H3,(H,25,31)/t17-,18+,21-/m0/s1. The van der Waals surface area contributed by atoms with Gasteiger partial charge in [0.2, 0.25) is 5.91 Å². The van der Waals surface area contributed by atoms with Gasteiger partial charge in [-0.15, -0.1) is 0 Å². The molecule has 1 amide bonds. The highest BCUT2D eigenvalue weighted by atomic mass is 32.1. The number of amides is 1. The van der Waals surface area contributed by atoms with E-state index in [0.717, 1.165) is 61.9 Å². The molecule has 0 bridgehead atoms. The van der Waals surface area contributed by atoms with Gasteiger partial charge in [0, 0.05) is 38.2 Å². The van der Waals surface area contributed by atoms with Crippen LogP contribution in [0.1, 0.15) is 53.4 Å². The van der Waals surface area contributed by atoms with Gasteiger partial charge in [0.05, 0.1) is 18.8 Å². The molecule has 7 heteroatoms. The molecule has 3 atom stereocenters. The second kappa shape index (κ2) is 10.2. The monoisotopic (exact) mass is 446 g/mol. The third-order valence-electron chi connectivity index (χ3n) is 7.10. The SMILES string of the molecule is CC[C@H](C)CN1C(=O)[C@H]([C@H](C)CC)NC12CCN(C(=S)Nc1ccc(OC)cc1)CC2. The Morgan fingerprint density at radius 3 is 2.42 bits per heavy atom. The van der Waals surface area contributed by atoms with Crippen LogP contribution in [0.25, 0.3) is 0 Å². The van der Waals surface area contributed by atoms with Crippen molar-refractivity contribution >= 4 is 28.9 Å². The lowest BCUT2D eigenvalue weighted by molar-refractivity contribution is -0.134. The first-order chi connectivity index (χ1) is 14.8. The van der Waals surface area contributed by atoms with E-state index >= 15 is 0 Å². The van der Waals surface area contributed by atoms with Crippen LogP contribution in [0.3, 0.4) is 0 Å². The summed E-state index contributed by atoms with van der Waals surface area (Å²) >= 11 is 5.69. The van der Waals surface area contributed by atoms with Crippen LogP contribution >= 0.6 is 12.2 Å². The topological polar surface area (TPSA) is 56.8 Å². The fourth-order valence-electron chi connectivity index (χ4n) is 4.51. The average Bonchev–Trinajstić information content (AvgIpc) is 3.05. The molecule has 2 saturated heterocycles. The molecule has 1 spiro atoms. The first-order valence-corrected chi connectivity index (χ1v) is 12.0. The van der Waals surface area contributed by atoms with Crippen LogP contribution in [0.4, 0.5) is 5.69 Å². The first kappa shape index (κ1) is 23.8. The van der Waals surface area contributed by atoms with Gasteiger partial charge in [0.25, 0.3) is 0 Å². The molecule has 172 valence electrons. The van der Waals surface area contributed by atoms with Gasteiger partial charge in [0.15, 0.2) is 5.11 Å². The zero-order valence-corrected chi connectivity index (χ0v) is 20.4. The van der Waals surface area contributed by atoms with Gasteiger partial charge >= 0.3 is 0 Å². The number of ether oxygens (including phenoxy) is 1. The van der Waals surface area contributed by atoms with Crippen molar-refractivity contribution in [1.29, 1.82) is 0 Å². The van der Waals surface area contributed by atoms with E-state index in [1.807, 2.05) is 24.3 Å². The first-order valence-electron chi connectivity index (χ1n) is 11.6. The van der Waals surface area contributed by atoms with Crippen molar-refractivity contribution in [3.63, 3.8) is 0 Å². The zero-order valence-electron chi connectivity index (χ0n) is 19.6. The van der Waals surface area contributed by atoms with Gasteiger partial charge in [0.1, 0.15) is 5.75 Å². The Balaban J connectivity index is 1.67. The Labute approximate surface area is 192 Å². The van der Waals surface area contributed by atoms with E-state index in [1.165, 1.54) is 0 Å². The lowest BCUT2D eigenvalue weighted by Crippen LogP contribution is -2.60. The van der Waals surface area contributed by atoms with Crippen LogP contribution in [-0.4, -0.2) is 59.3 Å². The van der Waals surface area contributed by atoms with E-state index in [-0.39, 0.29) is 17.6 Å². The summed E-state index contributed by atoms with van der Waals surface area (Å²) in [6.45, 7) is 11.3. The van der Waals surface area contributed by atoms with Crippen molar-refractivity contribution in [2.45, 2.75) is 65.1 Å². The van der Waals surface area contributed by atoms with E-state index in [1.54, 1.807) is 7.11 Å². The normalized spacial score (nSPS) is 22.5. The molecule has 31 heavy (non-hydrogen) atoms. The second-order valence-electron chi connectivity index (χ2n) is 9.15. The highest BCUT2D eigenvalue weighted by Gasteiger charge is 2.52. The minimum absolute atomic E-state index is 0.0787. The summed E-state index contributed by atoms with van der Waals surface area (Å²) < 4.78 is 5.22. The summed E-state index contributed by atoms with van der Waals surface area (Å²) in [5.74, 6) is 1.93. The number of anilines is 1. The van der Waals surface area contributed by atoms with E-state index in [9.17, 15) is 4.79 Å². The second-order valence-corrected chi connectivity index (χ2v) is 9.53. The predicted molar refractivity (Wildman–Crippen MR) is 130 cm³/mol. The van der Waals surface area contributed by atoms with E-state index in [0.29, 0.717) is 11.8 Å². The Morgan fingerprint density at radius 2 is 1.87 bits per heavy atom. The highest BCUT2D eigenvalue weighted by molar-refractivity contribution is 7.80. The molecule has 1 aromatic rings. The Hall–Kier alpha value is -1.86. The molecule has 2 N–H and O–H groups in total. The number of piperidine rings is 1. The quantitative estimate of drug-likeness (QED) is 0.616. The van der Waals surface area contributed by atoms with Crippen molar-refractivity contribution in [1.82, 2.24) is 15.1 Å². The summed E-state index contributed by atoms with van der Waals surface area (Å²) in [5, 5.41) is 7.85. The third-order valence-corrected chi connectivity index (χ3v) is 7.46. The van der Waals surface area contributed by atoms with E-state index in [2.05, 4.69) is 48.1 Å². The largest absolute Gasteiger partial charge is 0.497 e. The number of carbonyl (C=O) groups excluding carboxylic acids is 1. The van der Waals surface area contributed by atoms with Crippen LogP contribution in [0.2, 0.25) is 0 Å². The van der Waals surface area contributed by atoms with Crippen molar-refractivity contribution in [3.05, 3.63) is 24.3 Å². The lowest BCUT2D eigenvalue weighted by atomic mass is 9.94. The minimum Gasteiger partial charge on any atom is -0.497 e. The summed E-state index contributed by atoms with van der Waals surface area (Å²) in [6.07, 6.45) is 3.84. The number of nitrogens with one attached hydrogen (secondary N) is 2. The summed E-state index contributed by atoms with van der Waals surface area (Å²) in [6, 6.07) is 7.71. The molecule has 1 aromatic carbocycles. The molecule has 6 nitrogen and oxygen atoms in total. The molecule has 0 aromatic heterocycles. The van der Waals surface area contributed by atoms with Gasteiger partial charge in [-0.2, -0.15) is 0 Å². The fourth-order valence-corrected chi connectivity index (χ4v) is 4.81. The smallest absolute Gasteiger partial charge is 0.241 e. The van der Waals surface area contributed by atoms with Crippen LogP contribution in [0, 0.1) is 11.8 Å². The maximum absolute atomic E-state index is 13.3. The Morgan fingerprint density at radius 1 is 1.23 bits per heavy atom. The molecule has 2 aliphatic rings. The number of rotatable bonds is 7. The average molecular weight is 447 g/mol. The van der Waals surface area contributed by atoms with Gasteiger partial charge in [-0.1, -0.05) is 40.5 Å². The molecule has 2 aliphatic heterocycles. The number of hydrogen-bond donors (Lipinski definition) is 2. The summed E-state index contributed by atoms with van der Waals surface area (Å²) in [5.41, 5.74) is 0.705. The Bertz CT molecular complexity index is 761. The number of likely N-dealkylation sites (tertiary alicyclic amines) is 1. The predicted octanol–water partition coefficient (Wildman–Crippen LogP) is 4.08. The van der Waals surface area contributed by atoms with Crippen molar-refractivity contribution in [2.24, 2.45) is 11.8 Å². The lowest BCUT2D eigenvalue weighted by Gasteiger charge is -2.46. The summed E-state index contributed by atoms with van der Waals surface area (Å²) in [4.78, 5) is 17.7. The number of benzene rings is 1. The third kappa shape index (κ3) is 5.14. The molecule has 2 fully saturated rings. The van der Waals surface area contributed by atoms with Crippen molar-refractivity contribution < 1.29 is 9.53 Å². The van der Waals surface area contributed by atoms with Crippen LogP contribution in [0.15, 0.2) is 24.3 Å². The fraction of sp³-hybridized carbons (Fsp3) is 0.667. The zero-order chi connectivity index (χ0) is 22.6. The van der Waals surface area contributed by atoms with E-state index in [4.69, 9.17) is 17.0 Å². The van der Waals surface area contributed by atoms with E-state index < -0.39 is 0 Å². The van der Waals surface area contributed by atoms with Gasteiger partial charge < -0.3 is 19.9 Å². The molecule has 2 heterocycles. The maximum atomic E-state index is 13.3.